The van der Waals surface area contributed by atoms with E-state index < -0.39 is 0 Å². The summed E-state index contributed by atoms with van der Waals surface area (Å²) < 4.78 is 5.61. The molecule has 0 saturated heterocycles. The Bertz CT molecular complexity index is 1330. The minimum Gasteiger partial charge on any atom is -0.313 e. The predicted molar refractivity (Wildman–Crippen MR) is 108 cm³/mol. The first kappa shape index (κ1) is 14.4. The van der Waals surface area contributed by atoms with Crippen LogP contribution >= 0.6 is 11.3 Å². The largest absolute Gasteiger partial charge is 0.313 e. The molecule has 0 atom stereocenters. The molecule has 4 nitrogen and oxygen atoms in total. The number of benzene rings is 2. The molecule has 3 heterocycles. The van der Waals surface area contributed by atoms with E-state index in [1.165, 1.54) is 15.7 Å². The van der Waals surface area contributed by atoms with E-state index in [4.69, 9.17) is 4.98 Å². The fourth-order valence-corrected chi connectivity index (χ4v) is 4.73. The number of aryl methyl sites for hydroxylation is 1. The second-order valence-corrected chi connectivity index (χ2v) is 7.06. The van der Waals surface area contributed by atoms with Gasteiger partial charge in [-0.3, -0.25) is 9.39 Å². The van der Waals surface area contributed by atoms with E-state index in [0.717, 1.165) is 32.8 Å². The van der Waals surface area contributed by atoms with Crippen LogP contribution in [-0.2, 0) is 7.05 Å². The Morgan fingerprint density at radius 3 is 2.72 bits per heavy atom. The fraction of sp³-hybridized carbons (Fsp3) is 0.100. The number of aliphatic imine (C=N–C) groups is 1. The Labute approximate surface area is 148 Å². The summed E-state index contributed by atoms with van der Waals surface area (Å²) in [6.45, 7) is 5.90. The molecule has 0 amide bonds. The van der Waals surface area contributed by atoms with Crippen molar-refractivity contribution in [2.75, 3.05) is 0 Å². The van der Waals surface area contributed by atoms with Crippen LogP contribution in [0.1, 0.15) is 11.8 Å². The third-order valence-corrected chi connectivity index (χ3v) is 5.88. The Balaban J connectivity index is 2.08. The molecule has 25 heavy (non-hydrogen) atoms. The summed E-state index contributed by atoms with van der Waals surface area (Å²) >= 11 is 1.73. The van der Waals surface area contributed by atoms with Gasteiger partial charge in [0.25, 0.3) is 0 Å². The summed E-state index contributed by atoms with van der Waals surface area (Å²) in [5.41, 5.74) is 5.50. The summed E-state index contributed by atoms with van der Waals surface area (Å²) in [6, 6.07) is 12.6. The lowest BCUT2D eigenvalue weighted by Gasteiger charge is -1.97. The molecule has 0 aliphatic rings. The normalized spacial score (nSPS) is 12.4. The average Bonchev–Trinajstić information content (AvgIpc) is 3.26. The van der Waals surface area contributed by atoms with E-state index in [-0.39, 0.29) is 0 Å². The highest BCUT2D eigenvalue weighted by atomic mass is 32.1. The molecule has 0 unspecified atom stereocenters. The molecule has 0 saturated carbocycles. The highest BCUT2D eigenvalue weighted by Crippen LogP contribution is 2.43. The van der Waals surface area contributed by atoms with Gasteiger partial charge in [-0.05, 0) is 37.3 Å². The monoisotopic (exact) mass is 344 g/mol. The molecule has 5 rings (SSSR count). The van der Waals surface area contributed by atoms with Gasteiger partial charge in [0.2, 0.25) is 5.78 Å². The van der Waals surface area contributed by atoms with Gasteiger partial charge in [-0.2, -0.15) is 0 Å². The lowest BCUT2D eigenvalue weighted by atomic mass is 10.2. The zero-order chi connectivity index (χ0) is 17.1. The highest BCUT2D eigenvalue weighted by Gasteiger charge is 2.19. The minimum atomic E-state index is 0.956. The maximum Gasteiger partial charge on any atom is 0.215 e. The Kier molecular flexibility index (Phi) is 2.91. The molecule has 0 N–H and O–H groups in total. The molecule has 0 fully saturated rings. The van der Waals surface area contributed by atoms with E-state index in [1.54, 1.807) is 11.3 Å². The van der Waals surface area contributed by atoms with Crippen molar-refractivity contribution in [3.63, 3.8) is 0 Å². The third kappa shape index (κ3) is 1.76. The second-order valence-electron chi connectivity index (χ2n) is 6.01. The molecular formula is C20H16N4S. The van der Waals surface area contributed by atoms with Crippen molar-refractivity contribution in [1.29, 1.82) is 0 Å². The molecule has 0 spiro atoms. The van der Waals surface area contributed by atoms with Crippen molar-refractivity contribution in [3.05, 3.63) is 47.9 Å². The number of hydrogen-bond acceptors (Lipinski definition) is 3. The molecule has 122 valence electrons. The van der Waals surface area contributed by atoms with Crippen LogP contribution in [0.4, 0.5) is 5.69 Å². The molecule has 5 aromatic rings. The van der Waals surface area contributed by atoms with Crippen molar-refractivity contribution in [3.8, 4) is 0 Å². The van der Waals surface area contributed by atoms with Crippen LogP contribution in [0.3, 0.4) is 0 Å². The van der Waals surface area contributed by atoms with E-state index >= 15 is 0 Å². The van der Waals surface area contributed by atoms with Gasteiger partial charge in [-0.25, -0.2) is 4.98 Å². The Hall–Kier alpha value is -2.92. The number of para-hydroxylation sites is 2. The fourth-order valence-electron chi connectivity index (χ4n) is 3.60. The predicted octanol–water partition coefficient (Wildman–Crippen LogP) is 5.56. The Morgan fingerprint density at radius 1 is 1.16 bits per heavy atom. The average molecular weight is 344 g/mol. The van der Waals surface area contributed by atoms with Crippen LogP contribution in [0.2, 0.25) is 0 Å². The lowest BCUT2D eigenvalue weighted by molar-refractivity contribution is 0.974. The van der Waals surface area contributed by atoms with Crippen LogP contribution < -0.4 is 0 Å². The second kappa shape index (κ2) is 5.04. The summed E-state index contributed by atoms with van der Waals surface area (Å²) in [6.07, 6.45) is 3.72. The van der Waals surface area contributed by atoms with Crippen molar-refractivity contribution in [2.45, 2.75) is 6.92 Å². The van der Waals surface area contributed by atoms with Crippen LogP contribution in [0.15, 0.2) is 48.0 Å². The van der Waals surface area contributed by atoms with E-state index in [9.17, 15) is 0 Å². The van der Waals surface area contributed by atoms with Gasteiger partial charge in [0.15, 0.2) is 0 Å². The minimum absolute atomic E-state index is 0.956. The number of imidazole rings is 2. The Morgan fingerprint density at radius 2 is 1.96 bits per heavy atom. The van der Waals surface area contributed by atoms with Crippen molar-refractivity contribution >= 4 is 67.2 Å². The van der Waals surface area contributed by atoms with E-state index in [1.807, 2.05) is 19.2 Å². The van der Waals surface area contributed by atoms with Crippen molar-refractivity contribution in [2.24, 2.45) is 12.0 Å². The molecule has 0 bridgehead atoms. The van der Waals surface area contributed by atoms with Gasteiger partial charge in [-0.15, -0.1) is 11.3 Å². The quantitative estimate of drug-likeness (QED) is 0.386. The molecule has 5 heteroatoms. The molecule has 0 radical (unpaired) electrons. The van der Waals surface area contributed by atoms with E-state index in [2.05, 4.69) is 64.0 Å². The molecular weight excluding hydrogens is 328 g/mol. The van der Waals surface area contributed by atoms with Crippen molar-refractivity contribution in [1.82, 2.24) is 14.0 Å². The van der Waals surface area contributed by atoms with Crippen LogP contribution in [0.5, 0.6) is 0 Å². The summed E-state index contributed by atoms with van der Waals surface area (Å²) in [7, 11) is 2.07. The van der Waals surface area contributed by atoms with Gasteiger partial charge >= 0.3 is 0 Å². The third-order valence-electron chi connectivity index (χ3n) is 4.68. The number of hydrogen-bond donors (Lipinski definition) is 0. The first-order valence-corrected chi connectivity index (χ1v) is 8.98. The van der Waals surface area contributed by atoms with E-state index in [0.29, 0.717) is 0 Å². The topological polar surface area (TPSA) is 34.6 Å². The molecule has 0 aliphatic carbocycles. The van der Waals surface area contributed by atoms with Crippen LogP contribution in [-0.4, -0.2) is 20.2 Å². The maximum atomic E-state index is 4.88. The molecule has 2 aromatic carbocycles. The number of rotatable bonds is 2. The number of fused-ring (bicyclic) bond motifs is 7. The first-order chi connectivity index (χ1) is 12.2. The van der Waals surface area contributed by atoms with Crippen molar-refractivity contribution < 1.29 is 0 Å². The van der Waals surface area contributed by atoms with Gasteiger partial charge in [0, 0.05) is 18.6 Å². The maximum absolute atomic E-state index is 4.88. The smallest absolute Gasteiger partial charge is 0.215 e. The molecule has 0 aliphatic heterocycles. The van der Waals surface area contributed by atoms with Crippen LogP contribution in [0, 0.1) is 0 Å². The lowest BCUT2D eigenvalue weighted by Crippen LogP contribution is -1.87. The number of thiophene rings is 1. The first-order valence-electron chi connectivity index (χ1n) is 8.16. The zero-order valence-corrected chi connectivity index (χ0v) is 14.8. The summed E-state index contributed by atoms with van der Waals surface area (Å²) in [5.74, 6) is 0.956. The van der Waals surface area contributed by atoms with Gasteiger partial charge in [-0.1, -0.05) is 18.7 Å². The SMILES string of the molecule is C=Cc1sc2c(ccc3nc4n(C)c5ccccc5n4c32)c1N=CC. The van der Waals surface area contributed by atoms with Gasteiger partial charge in [0.05, 0.1) is 37.3 Å². The van der Waals surface area contributed by atoms with Gasteiger partial charge in [0.1, 0.15) is 0 Å². The number of aromatic nitrogens is 3. The standard InChI is InChI=1S/C20H16N4S/c1-4-16-17(21-5-2)12-10-11-13-18(19(12)25-16)24-15-9-7-6-8-14(15)23(3)20(24)22-13/h4-11H,1H2,2-3H3. The summed E-state index contributed by atoms with van der Waals surface area (Å²) in [4.78, 5) is 10.6. The highest BCUT2D eigenvalue weighted by molar-refractivity contribution is 7.21. The summed E-state index contributed by atoms with van der Waals surface area (Å²) in [5, 5.41) is 1.15. The number of nitrogens with zero attached hydrogens (tertiary/aromatic N) is 4. The zero-order valence-electron chi connectivity index (χ0n) is 14.0. The van der Waals surface area contributed by atoms with Crippen LogP contribution in [0.25, 0.3) is 44.0 Å². The van der Waals surface area contributed by atoms with Gasteiger partial charge < -0.3 is 4.57 Å². The molecule has 3 aromatic heterocycles.